The van der Waals surface area contributed by atoms with Gasteiger partial charge in [-0.05, 0) is 61.9 Å². The molecule has 2 fully saturated rings. The fourth-order valence-corrected chi connectivity index (χ4v) is 5.84. The highest BCUT2D eigenvalue weighted by molar-refractivity contribution is 6.76. The molecule has 1 aliphatic carbocycles. The van der Waals surface area contributed by atoms with Crippen LogP contribution in [0, 0.1) is 0 Å². The summed E-state index contributed by atoms with van der Waals surface area (Å²) in [6.45, 7) is 7.38. The largest absolute Gasteiger partial charge is 0.487 e. The van der Waals surface area contributed by atoms with Crippen molar-refractivity contribution in [3.8, 4) is 5.75 Å². The molecule has 11 heteroatoms. The van der Waals surface area contributed by atoms with Crippen LogP contribution in [0.2, 0.25) is 25.7 Å². The molecule has 10 nitrogen and oxygen atoms in total. The number of hydrogen-bond acceptors (Lipinski definition) is 7. The van der Waals surface area contributed by atoms with Gasteiger partial charge in [-0.25, -0.2) is 4.79 Å². The number of piperidine rings is 1. The number of ether oxygens (including phenoxy) is 3. The summed E-state index contributed by atoms with van der Waals surface area (Å²) < 4.78 is 17.1. The van der Waals surface area contributed by atoms with E-state index in [0.717, 1.165) is 35.8 Å². The van der Waals surface area contributed by atoms with Crippen LogP contribution in [0.15, 0.2) is 18.2 Å². The Hall–Kier alpha value is -2.92. The van der Waals surface area contributed by atoms with E-state index in [1.165, 1.54) is 4.90 Å². The normalized spacial score (nSPS) is 24.3. The quantitative estimate of drug-likeness (QED) is 0.294. The van der Waals surface area contributed by atoms with E-state index >= 15 is 0 Å². The van der Waals surface area contributed by atoms with Gasteiger partial charge >= 0.3 is 6.09 Å². The maximum absolute atomic E-state index is 13.2. The smallest absolute Gasteiger partial charge is 0.404 e. The highest BCUT2D eigenvalue weighted by Gasteiger charge is 2.43. The highest BCUT2D eigenvalue weighted by Crippen LogP contribution is 2.33. The molecule has 202 valence electrons. The molecule has 2 heterocycles. The van der Waals surface area contributed by atoms with E-state index in [1.54, 1.807) is 18.2 Å². The summed E-state index contributed by atoms with van der Waals surface area (Å²) in [5, 5.41) is 0. The van der Waals surface area contributed by atoms with E-state index in [4.69, 9.17) is 19.9 Å². The van der Waals surface area contributed by atoms with Gasteiger partial charge in [-0.1, -0.05) is 19.6 Å². The molecule has 2 N–H and O–H groups in total. The van der Waals surface area contributed by atoms with Gasteiger partial charge < -0.3 is 24.8 Å². The first kappa shape index (κ1) is 27.1. The van der Waals surface area contributed by atoms with Crippen molar-refractivity contribution < 1.29 is 33.4 Å². The van der Waals surface area contributed by atoms with Crippen LogP contribution in [-0.2, 0) is 25.6 Å². The van der Waals surface area contributed by atoms with E-state index in [9.17, 15) is 19.2 Å². The van der Waals surface area contributed by atoms with Crippen LogP contribution >= 0.6 is 0 Å². The Labute approximate surface area is 218 Å². The Morgan fingerprint density at radius 2 is 1.81 bits per heavy atom. The van der Waals surface area contributed by atoms with E-state index in [0.29, 0.717) is 30.8 Å². The number of benzene rings is 1. The molecule has 1 aromatic carbocycles. The summed E-state index contributed by atoms with van der Waals surface area (Å²) in [6, 6.07) is 5.46. The summed E-state index contributed by atoms with van der Waals surface area (Å²) in [4.78, 5) is 52.8. The molecule has 1 unspecified atom stereocenters. The third kappa shape index (κ3) is 6.51. The minimum atomic E-state index is -1.29. The molecule has 0 aromatic heterocycles. The zero-order valence-electron chi connectivity index (χ0n) is 21.9. The third-order valence-corrected chi connectivity index (χ3v) is 8.89. The number of primary amides is 1. The van der Waals surface area contributed by atoms with Crippen molar-refractivity contribution in [3.05, 3.63) is 29.3 Å². The van der Waals surface area contributed by atoms with Crippen LogP contribution in [-0.4, -0.2) is 73.3 Å². The number of carbonyl (C=O) groups is 4. The van der Waals surface area contributed by atoms with Crippen LogP contribution in [0.5, 0.6) is 5.75 Å². The molecular formula is C26H37N3O7Si. The van der Waals surface area contributed by atoms with Gasteiger partial charge in [0.15, 0.2) is 0 Å². The first-order valence-corrected chi connectivity index (χ1v) is 16.7. The SMILES string of the molecule is C[Si](C)(C)CCOCN1C(=O)CCC(N2Cc3cc(O[C@H]4CCCC[C@@H]4OC(N)=O)ccc3C2=O)C1=O. The monoisotopic (exact) mass is 531 g/mol. The average molecular weight is 532 g/mol. The second-order valence-corrected chi connectivity index (χ2v) is 16.9. The van der Waals surface area contributed by atoms with E-state index in [2.05, 4.69) is 19.6 Å². The Balaban J connectivity index is 1.41. The van der Waals surface area contributed by atoms with Gasteiger partial charge in [0.25, 0.3) is 11.8 Å². The van der Waals surface area contributed by atoms with E-state index in [1.807, 2.05) is 0 Å². The predicted octanol–water partition coefficient (Wildman–Crippen LogP) is 3.26. The molecule has 4 rings (SSSR count). The molecular weight excluding hydrogens is 494 g/mol. The minimum absolute atomic E-state index is 0.0818. The number of nitrogens with two attached hydrogens (primary N) is 1. The average Bonchev–Trinajstić information content (AvgIpc) is 3.14. The van der Waals surface area contributed by atoms with Crippen molar-refractivity contribution in [2.24, 2.45) is 5.73 Å². The maximum atomic E-state index is 13.2. The second-order valence-electron chi connectivity index (χ2n) is 11.2. The van der Waals surface area contributed by atoms with Gasteiger partial charge in [0.1, 0.15) is 30.7 Å². The lowest BCUT2D eigenvalue weighted by Gasteiger charge is -2.35. The zero-order chi connectivity index (χ0) is 26.7. The molecule has 4 amide bonds. The van der Waals surface area contributed by atoms with Crippen molar-refractivity contribution in [1.29, 1.82) is 0 Å². The summed E-state index contributed by atoms with van der Waals surface area (Å²) >= 11 is 0. The lowest BCUT2D eigenvalue weighted by Crippen LogP contribution is -2.55. The summed E-state index contributed by atoms with van der Waals surface area (Å²) in [5.41, 5.74) is 6.49. The van der Waals surface area contributed by atoms with Crippen LogP contribution < -0.4 is 10.5 Å². The van der Waals surface area contributed by atoms with Gasteiger partial charge in [-0.15, -0.1) is 0 Å². The van der Waals surface area contributed by atoms with Gasteiger partial charge in [-0.3, -0.25) is 19.3 Å². The number of imide groups is 1. The summed E-state index contributed by atoms with van der Waals surface area (Å²) in [7, 11) is -1.29. The van der Waals surface area contributed by atoms with Crippen molar-refractivity contribution >= 4 is 31.9 Å². The first-order valence-electron chi connectivity index (χ1n) is 13.0. The number of fused-ring (bicyclic) bond motifs is 1. The van der Waals surface area contributed by atoms with Crippen LogP contribution in [0.1, 0.15) is 54.4 Å². The van der Waals surface area contributed by atoms with E-state index < -0.39 is 32.2 Å². The fraction of sp³-hybridized carbons (Fsp3) is 0.615. The predicted molar refractivity (Wildman–Crippen MR) is 138 cm³/mol. The van der Waals surface area contributed by atoms with Gasteiger partial charge in [0.05, 0.1) is 0 Å². The molecule has 1 saturated carbocycles. The molecule has 0 radical (unpaired) electrons. The lowest BCUT2D eigenvalue weighted by molar-refractivity contribution is -0.158. The Bertz CT molecular complexity index is 1060. The Kier molecular flexibility index (Phi) is 8.22. The van der Waals surface area contributed by atoms with Crippen molar-refractivity contribution in [2.45, 2.75) is 89.0 Å². The first-order chi connectivity index (χ1) is 17.5. The number of rotatable bonds is 9. The molecule has 0 spiro atoms. The maximum Gasteiger partial charge on any atom is 0.404 e. The number of nitrogens with zero attached hydrogens (tertiary/aromatic N) is 2. The molecule has 1 saturated heterocycles. The molecule has 37 heavy (non-hydrogen) atoms. The molecule has 3 aliphatic rings. The fourth-order valence-electron chi connectivity index (χ4n) is 5.08. The second kappa shape index (κ2) is 11.2. The van der Waals surface area contributed by atoms with Gasteiger partial charge in [-0.2, -0.15) is 0 Å². The highest BCUT2D eigenvalue weighted by atomic mass is 28.3. The van der Waals surface area contributed by atoms with Gasteiger partial charge in [0, 0.05) is 33.2 Å². The van der Waals surface area contributed by atoms with Gasteiger partial charge in [0.2, 0.25) is 5.91 Å². The summed E-state index contributed by atoms with van der Waals surface area (Å²) in [5.74, 6) is -0.327. The summed E-state index contributed by atoms with van der Waals surface area (Å²) in [6.07, 6.45) is 2.26. The molecule has 0 bridgehead atoms. The minimum Gasteiger partial charge on any atom is -0.487 e. The molecule has 2 aliphatic heterocycles. The van der Waals surface area contributed by atoms with Crippen molar-refractivity contribution in [3.63, 3.8) is 0 Å². The number of amides is 4. The van der Waals surface area contributed by atoms with Crippen LogP contribution in [0.4, 0.5) is 4.79 Å². The van der Waals surface area contributed by atoms with Crippen LogP contribution in [0.3, 0.4) is 0 Å². The zero-order valence-corrected chi connectivity index (χ0v) is 22.9. The number of hydrogen-bond donors (Lipinski definition) is 1. The van der Waals surface area contributed by atoms with E-state index in [-0.39, 0.29) is 37.6 Å². The topological polar surface area (TPSA) is 128 Å². The van der Waals surface area contributed by atoms with Crippen molar-refractivity contribution in [1.82, 2.24) is 9.80 Å². The van der Waals surface area contributed by atoms with Crippen molar-refractivity contribution in [2.75, 3.05) is 13.3 Å². The Morgan fingerprint density at radius 3 is 2.51 bits per heavy atom. The molecule has 3 atom stereocenters. The lowest BCUT2D eigenvalue weighted by atomic mass is 9.94. The molecule has 1 aromatic rings. The number of carbonyl (C=O) groups excluding carboxylic acids is 4. The number of likely N-dealkylation sites (tertiary alicyclic amines) is 1. The Morgan fingerprint density at radius 1 is 1.08 bits per heavy atom. The standard InChI is InChI=1S/C26H37N3O7Si/c1-37(2,3)13-12-34-16-29-23(30)11-10-20(25(29)32)28-15-17-14-18(8-9-19(17)24(28)31)35-21-6-4-5-7-22(21)36-26(27)33/h8-9,14,20-22H,4-7,10-13,15-16H2,1-3H3,(H2,27,33)/t20?,21-,22-/m0/s1. The van der Waals surface area contributed by atoms with Crippen LogP contribution in [0.25, 0.3) is 0 Å². The third-order valence-electron chi connectivity index (χ3n) is 7.18.